The number of thioether (sulfide) groups is 1. The quantitative estimate of drug-likeness (QED) is 0.485. The van der Waals surface area contributed by atoms with Gasteiger partial charge in [-0.2, -0.15) is 0 Å². The van der Waals surface area contributed by atoms with Gasteiger partial charge in [0.15, 0.2) is 5.17 Å². The molecule has 0 aliphatic carbocycles. The molecule has 0 saturated carbocycles. The molecule has 1 fully saturated rings. The fourth-order valence-corrected chi connectivity index (χ4v) is 4.85. The smallest absolute Gasteiger partial charge is 0.164 e. The minimum absolute atomic E-state index is 0.772. The minimum Gasteiger partial charge on any atom is -0.378 e. The summed E-state index contributed by atoms with van der Waals surface area (Å²) in [6.45, 7) is 16.7. The van der Waals surface area contributed by atoms with Gasteiger partial charge < -0.3 is 9.64 Å². The number of morpholine rings is 1. The molecule has 1 heterocycles. The molecular formula is C24H32N2OS. The van der Waals surface area contributed by atoms with Gasteiger partial charge in [-0.3, -0.25) is 0 Å². The van der Waals surface area contributed by atoms with E-state index in [1.165, 1.54) is 38.9 Å². The highest BCUT2D eigenvalue weighted by Gasteiger charge is 2.18. The first-order valence-electron chi connectivity index (χ1n) is 10.0. The summed E-state index contributed by atoms with van der Waals surface area (Å²) in [7, 11) is 0. The standard InChI is InChI=1S/C24H32N2OS/c1-16-7-9-22(10-8-16)25-24(26-11-13-27-14-12-26)28-15-23-20(5)18(3)17(2)19(4)21(23)6/h7-10H,11-15H2,1-6H3. The van der Waals surface area contributed by atoms with E-state index in [0.29, 0.717) is 0 Å². The molecule has 2 aromatic carbocycles. The van der Waals surface area contributed by atoms with E-state index in [4.69, 9.17) is 9.73 Å². The van der Waals surface area contributed by atoms with E-state index >= 15 is 0 Å². The molecule has 0 aromatic heterocycles. The van der Waals surface area contributed by atoms with Gasteiger partial charge in [0.05, 0.1) is 18.9 Å². The van der Waals surface area contributed by atoms with Crippen LogP contribution in [0.25, 0.3) is 0 Å². The van der Waals surface area contributed by atoms with Crippen molar-refractivity contribution in [2.75, 3.05) is 26.3 Å². The number of aryl methyl sites for hydroxylation is 1. The van der Waals surface area contributed by atoms with Crippen molar-refractivity contribution in [2.45, 2.75) is 47.3 Å². The van der Waals surface area contributed by atoms with Gasteiger partial charge in [-0.1, -0.05) is 29.5 Å². The Morgan fingerprint density at radius 2 is 1.39 bits per heavy atom. The molecule has 0 unspecified atom stereocenters. The van der Waals surface area contributed by atoms with Crippen molar-refractivity contribution in [2.24, 2.45) is 4.99 Å². The molecule has 0 atom stereocenters. The molecular weight excluding hydrogens is 364 g/mol. The van der Waals surface area contributed by atoms with Gasteiger partial charge in [0.2, 0.25) is 0 Å². The topological polar surface area (TPSA) is 24.8 Å². The third-order valence-corrected chi connectivity index (χ3v) is 7.08. The van der Waals surface area contributed by atoms with E-state index in [1.54, 1.807) is 0 Å². The molecule has 2 aromatic rings. The van der Waals surface area contributed by atoms with E-state index in [9.17, 15) is 0 Å². The highest BCUT2D eigenvalue weighted by molar-refractivity contribution is 8.13. The number of aliphatic imine (C=N–C) groups is 1. The Hall–Kier alpha value is -1.78. The summed E-state index contributed by atoms with van der Waals surface area (Å²) >= 11 is 1.85. The van der Waals surface area contributed by atoms with Crippen LogP contribution in [0.3, 0.4) is 0 Å². The summed E-state index contributed by atoms with van der Waals surface area (Å²) in [5.74, 6) is 0.946. The van der Waals surface area contributed by atoms with Crippen LogP contribution in [-0.4, -0.2) is 36.4 Å². The second-order valence-electron chi connectivity index (χ2n) is 7.72. The van der Waals surface area contributed by atoms with Crippen molar-refractivity contribution < 1.29 is 4.74 Å². The first-order valence-corrected chi connectivity index (χ1v) is 11.0. The maximum atomic E-state index is 5.56. The minimum atomic E-state index is 0.772. The van der Waals surface area contributed by atoms with Crippen molar-refractivity contribution in [3.8, 4) is 0 Å². The predicted octanol–water partition coefficient (Wildman–Crippen LogP) is 5.79. The van der Waals surface area contributed by atoms with Crippen LogP contribution in [0.4, 0.5) is 5.69 Å². The largest absolute Gasteiger partial charge is 0.378 e. The first-order chi connectivity index (χ1) is 13.4. The molecule has 28 heavy (non-hydrogen) atoms. The fraction of sp³-hybridized carbons (Fsp3) is 0.458. The molecule has 0 bridgehead atoms. The summed E-state index contributed by atoms with van der Waals surface area (Å²) in [6.07, 6.45) is 0. The molecule has 3 nitrogen and oxygen atoms in total. The monoisotopic (exact) mass is 396 g/mol. The Labute approximate surface area is 174 Å². The van der Waals surface area contributed by atoms with Gasteiger partial charge in [0.1, 0.15) is 0 Å². The average Bonchev–Trinajstić information content (AvgIpc) is 2.72. The highest BCUT2D eigenvalue weighted by atomic mass is 32.2. The number of amidine groups is 1. The Bertz CT molecular complexity index is 836. The van der Waals surface area contributed by atoms with Gasteiger partial charge in [0.25, 0.3) is 0 Å². The second kappa shape index (κ2) is 9.15. The Balaban J connectivity index is 1.89. The lowest BCUT2D eigenvalue weighted by atomic mass is 9.90. The van der Waals surface area contributed by atoms with Crippen LogP contribution in [0.2, 0.25) is 0 Å². The van der Waals surface area contributed by atoms with Crippen molar-refractivity contribution in [3.05, 3.63) is 63.2 Å². The predicted molar refractivity (Wildman–Crippen MR) is 122 cm³/mol. The Kier molecular flexibility index (Phi) is 6.84. The van der Waals surface area contributed by atoms with Crippen molar-refractivity contribution in [1.82, 2.24) is 4.90 Å². The number of rotatable bonds is 3. The van der Waals surface area contributed by atoms with Crippen LogP contribution in [0.1, 0.15) is 38.9 Å². The highest BCUT2D eigenvalue weighted by Crippen LogP contribution is 2.30. The normalized spacial score (nSPS) is 15.2. The van der Waals surface area contributed by atoms with Gasteiger partial charge in [-0.25, -0.2) is 4.99 Å². The van der Waals surface area contributed by atoms with Crippen LogP contribution in [0.5, 0.6) is 0 Å². The summed E-state index contributed by atoms with van der Waals surface area (Å²) in [6, 6.07) is 8.46. The zero-order valence-corrected chi connectivity index (χ0v) is 18.9. The third kappa shape index (κ3) is 4.61. The maximum absolute atomic E-state index is 5.56. The number of nitrogens with zero attached hydrogens (tertiary/aromatic N) is 2. The maximum Gasteiger partial charge on any atom is 0.164 e. The Morgan fingerprint density at radius 1 is 0.857 bits per heavy atom. The first kappa shape index (κ1) is 20.9. The molecule has 4 heteroatoms. The molecule has 0 N–H and O–H groups in total. The van der Waals surface area contributed by atoms with E-state index in [0.717, 1.165) is 42.9 Å². The van der Waals surface area contributed by atoms with Gasteiger partial charge in [0, 0.05) is 18.8 Å². The number of ether oxygens (including phenoxy) is 1. The molecule has 1 aliphatic heterocycles. The summed E-state index contributed by atoms with van der Waals surface area (Å²) in [5, 5.41) is 1.10. The van der Waals surface area contributed by atoms with Crippen molar-refractivity contribution in [1.29, 1.82) is 0 Å². The number of hydrogen-bond acceptors (Lipinski definition) is 3. The summed E-state index contributed by atoms with van der Waals surface area (Å²) < 4.78 is 5.56. The van der Waals surface area contributed by atoms with E-state index in [1.807, 2.05) is 11.8 Å². The molecule has 0 spiro atoms. The van der Waals surface area contributed by atoms with Crippen molar-refractivity contribution in [3.63, 3.8) is 0 Å². The molecule has 150 valence electrons. The van der Waals surface area contributed by atoms with Crippen LogP contribution < -0.4 is 0 Å². The zero-order chi connectivity index (χ0) is 20.3. The third-order valence-electron chi connectivity index (χ3n) is 6.04. The van der Waals surface area contributed by atoms with E-state index in [2.05, 4.69) is 70.7 Å². The molecule has 1 saturated heterocycles. The average molecular weight is 397 g/mol. The van der Waals surface area contributed by atoms with Gasteiger partial charge >= 0.3 is 0 Å². The lowest BCUT2D eigenvalue weighted by molar-refractivity contribution is 0.0693. The zero-order valence-electron chi connectivity index (χ0n) is 18.1. The van der Waals surface area contributed by atoms with Crippen LogP contribution in [0, 0.1) is 41.5 Å². The van der Waals surface area contributed by atoms with Crippen LogP contribution in [0.15, 0.2) is 29.3 Å². The van der Waals surface area contributed by atoms with Crippen LogP contribution >= 0.6 is 11.8 Å². The van der Waals surface area contributed by atoms with Gasteiger partial charge in [-0.05, 0) is 87.1 Å². The SMILES string of the molecule is Cc1ccc(N=C(SCc2c(C)c(C)c(C)c(C)c2C)N2CCOCC2)cc1. The molecule has 0 amide bonds. The number of benzene rings is 2. The van der Waals surface area contributed by atoms with Crippen molar-refractivity contribution >= 4 is 22.6 Å². The van der Waals surface area contributed by atoms with E-state index in [-0.39, 0.29) is 0 Å². The fourth-order valence-electron chi connectivity index (χ4n) is 3.61. The lowest BCUT2D eigenvalue weighted by Crippen LogP contribution is -2.39. The summed E-state index contributed by atoms with van der Waals surface area (Å²) in [5.41, 5.74) is 10.8. The van der Waals surface area contributed by atoms with E-state index < -0.39 is 0 Å². The molecule has 3 rings (SSSR count). The Morgan fingerprint density at radius 3 is 1.96 bits per heavy atom. The number of hydrogen-bond donors (Lipinski definition) is 0. The van der Waals surface area contributed by atoms with Crippen LogP contribution in [-0.2, 0) is 10.5 Å². The second-order valence-corrected chi connectivity index (χ2v) is 8.66. The lowest BCUT2D eigenvalue weighted by Gasteiger charge is -2.30. The van der Waals surface area contributed by atoms with Gasteiger partial charge in [-0.15, -0.1) is 0 Å². The molecule has 1 aliphatic rings. The summed E-state index contributed by atoms with van der Waals surface area (Å²) in [4.78, 5) is 7.38. The molecule has 0 radical (unpaired) electrons.